The lowest BCUT2D eigenvalue weighted by Gasteiger charge is -2.46. The van der Waals surface area contributed by atoms with Crippen LogP contribution in [-0.2, 0) is 20.7 Å². The van der Waals surface area contributed by atoms with Gasteiger partial charge >= 0.3 is 6.03 Å². The van der Waals surface area contributed by atoms with Gasteiger partial charge in [0.15, 0.2) is 0 Å². The molecule has 3 aliphatic rings. The third-order valence-electron chi connectivity index (χ3n) is 5.49. The number of carbonyl (C=O) groups excluding carboxylic acids is 3. The normalized spacial score (nSPS) is 25.4. The molecular formula is C19H23FN4O4. The van der Waals surface area contributed by atoms with Gasteiger partial charge in [-0.2, -0.15) is 0 Å². The van der Waals surface area contributed by atoms with Crippen LogP contribution in [0.25, 0.3) is 0 Å². The molecule has 1 aromatic rings. The molecule has 3 heterocycles. The largest absolute Gasteiger partial charge is 0.378 e. The predicted octanol–water partition coefficient (Wildman–Crippen LogP) is -0.168. The summed E-state index contributed by atoms with van der Waals surface area (Å²) in [5.74, 6) is -0.762. The zero-order valence-corrected chi connectivity index (χ0v) is 15.5. The van der Waals surface area contributed by atoms with E-state index in [-0.39, 0.29) is 30.2 Å². The van der Waals surface area contributed by atoms with Crippen molar-refractivity contribution in [1.82, 2.24) is 20.0 Å². The zero-order valence-electron chi connectivity index (χ0n) is 15.5. The number of piperazine rings is 2. The summed E-state index contributed by atoms with van der Waals surface area (Å²) in [5.41, 5.74) is 0.777. The van der Waals surface area contributed by atoms with Crippen molar-refractivity contribution in [1.29, 1.82) is 0 Å². The molecule has 0 aliphatic carbocycles. The van der Waals surface area contributed by atoms with Crippen LogP contribution >= 0.6 is 0 Å². The first-order valence-electron chi connectivity index (χ1n) is 9.50. The molecule has 28 heavy (non-hydrogen) atoms. The quantitative estimate of drug-likeness (QED) is 0.760. The highest BCUT2D eigenvalue weighted by molar-refractivity contribution is 5.97. The molecule has 8 nitrogen and oxygen atoms in total. The van der Waals surface area contributed by atoms with Gasteiger partial charge in [0.2, 0.25) is 11.8 Å². The van der Waals surface area contributed by atoms with E-state index in [0.717, 1.165) is 5.56 Å². The third-order valence-corrected chi connectivity index (χ3v) is 5.49. The molecule has 0 saturated carbocycles. The van der Waals surface area contributed by atoms with Crippen molar-refractivity contribution in [2.24, 2.45) is 0 Å². The fraction of sp³-hybridized carbons (Fsp3) is 0.526. The molecule has 0 bridgehead atoms. The minimum Gasteiger partial charge on any atom is -0.378 e. The Balaban J connectivity index is 1.41. The number of nitrogens with one attached hydrogen (secondary N) is 1. The molecule has 0 radical (unpaired) electrons. The molecule has 0 spiro atoms. The van der Waals surface area contributed by atoms with E-state index in [0.29, 0.717) is 45.8 Å². The maximum atomic E-state index is 13.1. The van der Waals surface area contributed by atoms with Gasteiger partial charge in [-0.25, -0.2) is 9.18 Å². The summed E-state index contributed by atoms with van der Waals surface area (Å²) in [6.07, 6.45) is 0.310. The predicted molar refractivity (Wildman–Crippen MR) is 96.9 cm³/mol. The average molecular weight is 390 g/mol. The standard InChI is InChI=1S/C19H23FN4O4/c20-14-3-1-13(2-4-14)11-15-18(26)24-6-5-23(12-16(24)17(25)21-15)19(27)22-7-9-28-10-8-22/h1-4,15-16H,5-12H2,(H,21,25)/t15-,16+/m0/s1. The van der Waals surface area contributed by atoms with Crippen molar-refractivity contribution < 1.29 is 23.5 Å². The average Bonchev–Trinajstić information content (AvgIpc) is 2.73. The molecule has 4 rings (SSSR count). The summed E-state index contributed by atoms with van der Waals surface area (Å²) in [4.78, 5) is 43.1. The second-order valence-corrected chi connectivity index (χ2v) is 7.27. The minimum absolute atomic E-state index is 0.114. The van der Waals surface area contributed by atoms with Crippen molar-refractivity contribution in [2.45, 2.75) is 18.5 Å². The number of halogens is 1. The van der Waals surface area contributed by atoms with Crippen LogP contribution in [0.5, 0.6) is 0 Å². The summed E-state index contributed by atoms with van der Waals surface area (Å²) in [6.45, 7) is 3.01. The van der Waals surface area contributed by atoms with E-state index >= 15 is 0 Å². The highest BCUT2D eigenvalue weighted by atomic mass is 19.1. The van der Waals surface area contributed by atoms with Gasteiger partial charge in [0.25, 0.3) is 0 Å². The van der Waals surface area contributed by atoms with E-state index in [9.17, 15) is 18.8 Å². The molecule has 9 heteroatoms. The van der Waals surface area contributed by atoms with Gasteiger partial charge in [-0.15, -0.1) is 0 Å². The smallest absolute Gasteiger partial charge is 0.320 e. The van der Waals surface area contributed by atoms with E-state index in [1.807, 2.05) is 0 Å². The maximum absolute atomic E-state index is 13.1. The number of morpholine rings is 1. The van der Waals surface area contributed by atoms with Crippen molar-refractivity contribution in [3.05, 3.63) is 35.6 Å². The Labute approximate surface area is 162 Å². The van der Waals surface area contributed by atoms with E-state index in [1.54, 1.807) is 26.8 Å². The van der Waals surface area contributed by atoms with Gasteiger partial charge in [0.1, 0.15) is 17.9 Å². The summed E-state index contributed by atoms with van der Waals surface area (Å²) in [6, 6.07) is 4.44. The Bertz CT molecular complexity index is 766. The number of carbonyl (C=O) groups is 3. The first-order valence-corrected chi connectivity index (χ1v) is 9.50. The molecule has 1 aromatic carbocycles. The molecule has 3 fully saturated rings. The number of fused-ring (bicyclic) bond motifs is 1. The van der Waals surface area contributed by atoms with Crippen LogP contribution in [0.4, 0.5) is 9.18 Å². The van der Waals surface area contributed by atoms with Crippen LogP contribution in [-0.4, -0.2) is 90.6 Å². The number of nitrogens with zero attached hydrogens (tertiary/aromatic N) is 3. The monoisotopic (exact) mass is 390 g/mol. The Kier molecular flexibility index (Phi) is 5.17. The number of amides is 4. The Morgan fingerprint density at radius 2 is 1.79 bits per heavy atom. The van der Waals surface area contributed by atoms with Crippen molar-refractivity contribution in [3.8, 4) is 0 Å². The van der Waals surface area contributed by atoms with Crippen LogP contribution in [0, 0.1) is 5.82 Å². The van der Waals surface area contributed by atoms with Crippen LogP contribution in [0.3, 0.4) is 0 Å². The fourth-order valence-corrected chi connectivity index (χ4v) is 3.92. The Morgan fingerprint density at radius 1 is 1.07 bits per heavy atom. The Morgan fingerprint density at radius 3 is 2.50 bits per heavy atom. The lowest BCUT2D eigenvalue weighted by molar-refractivity contribution is -0.152. The summed E-state index contributed by atoms with van der Waals surface area (Å²) in [5, 5.41) is 2.77. The molecule has 0 aromatic heterocycles. The Hall–Kier alpha value is -2.68. The second kappa shape index (κ2) is 7.75. The number of benzene rings is 1. The SMILES string of the molecule is O=C1N[C@@H](Cc2ccc(F)cc2)C(=O)N2CCN(C(=O)N3CCOCC3)C[C@H]12. The lowest BCUT2D eigenvalue weighted by atomic mass is 9.98. The van der Waals surface area contributed by atoms with E-state index in [2.05, 4.69) is 5.32 Å². The van der Waals surface area contributed by atoms with Gasteiger partial charge in [0.05, 0.1) is 19.8 Å². The van der Waals surface area contributed by atoms with Gasteiger partial charge in [-0.3, -0.25) is 9.59 Å². The molecule has 0 unspecified atom stereocenters. The molecule has 2 atom stereocenters. The van der Waals surface area contributed by atoms with Crippen LogP contribution in [0.1, 0.15) is 5.56 Å². The fourth-order valence-electron chi connectivity index (χ4n) is 3.92. The topological polar surface area (TPSA) is 82.2 Å². The molecular weight excluding hydrogens is 367 g/mol. The van der Waals surface area contributed by atoms with Crippen molar-refractivity contribution >= 4 is 17.8 Å². The van der Waals surface area contributed by atoms with Crippen molar-refractivity contribution in [3.63, 3.8) is 0 Å². The zero-order chi connectivity index (χ0) is 19.7. The highest BCUT2D eigenvalue weighted by Gasteiger charge is 2.44. The van der Waals surface area contributed by atoms with Crippen LogP contribution < -0.4 is 5.32 Å². The van der Waals surface area contributed by atoms with Gasteiger partial charge in [-0.1, -0.05) is 12.1 Å². The summed E-state index contributed by atoms with van der Waals surface area (Å²) >= 11 is 0. The number of hydrogen-bond acceptors (Lipinski definition) is 4. The lowest BCUT2D eigenvalue weighted by Crippen LogP contribution is -2.70. The van der Waals surface area contributed by atoms with E-state index < -0.39 is 12.1 Å². The highest BCUT2D eigenvalue weighted by Crippen LogP contribution is 2.20. The summed E-state index contributed by atoms with van der Waals surface area (Å²) in [7, 11) is 0. The van der Waals surface area contributed by atoms with Gasteiger partial charge in [-0.05, 0) is 17.7 Å². The van der Waals surface area contributed by atoms with Crippen LogP contribution in [0.15, 0.2) is 24.3 Å². The molecule has 3 saturated heterocycles. The molecule has 1 N–H and O–H groups in total. The molecule has 150 valence electrons. The number of hydrogen-bond donors (Lipinski definition) is 1. The molecule has 3 aliphatic heterocycles. The van der Waals surface area contributed by atoms with Gasteiger partial charge < -0.3 is 24.8 Å². The first-order chi connectivity index (χ1) is 13.5. The number of urea groups is 1. The van der Waals surface area contributed by atoms with Crippen LogP contribution in [0.2, 0.25) is 0 Å². The van der Waals surface area contributed by atoms with Crippen molar-refractivity contribution in [2.75, 3.05) is 45.9 Å². The number of rotatable bonds is 2. The third kappa shape index (κ3) is 3.66. The maximum Gasteiger partial charge on any atom is 0.320 e. The second-order valence-electron chi connectivity index (χ2n) is 7.27. The first kappa shape index (κ1) is 18.7. The van der Waals surface area contributed by atoms with E-state index in [4.69, 9.17) is 4.74 Å². The molecule has 4 amide bonds. The number of ether oxygens (including phenoxy) is 1. The summed E-state index contributed by atoms with van der Waals surface area (Å²) < 4.78 is 18.3. The minimum atomic E-state index is -0.671. The van der Waals surface area contributed by atoms with E-state index in [1.165, 1.54) is 12.1 Å². The van der Waals surface area contributed by atoms with Gasteiger partial charge in [0, 0.05) is 32.6 Å².